The molecule has 30 heavy (non-hydrogen) atoms. The maximum Gasteiger partial charge on any atom is 0.573 e. The van der Waals surface area contributed by atoms with Crippen LogP contribution in [0.15, 0.2) is 48.5 Å². The zero-order chi connectivity index (χ0) is 21.9. The number of rotatable bonds is 6. The number of alkyl halides is 3. The lowest BCUT2D eigenvalue weighted by Crippen LogP contribution is -2.17. The first-order valence-corrected chi connectivity index (χ1v) is 8.83. The monoisotopic (exact) mass is 424 g/mol. The lowest BCUT2D eigenvalue weighted by Gasteiger charge is -2.14. The minimum absolute atomic E-state index is 0.0566. The van der Waals surface area contributed by atoms with Crippen LogP contribution >= 0.6 is 0 Å². The maximum absolute atomic E-state index is 14.0. The molecule has 0 amide bonds. The highest BCUT2D eigenvalue weighted by atomic mass is 19.4. The van der Waals surface area contributed by atoms with Crippen LogP contribution in [0.25, 0.3) is 11.3 Å². The third kappa shape index (κ3) is 5.56. The summed E-state index contributed by atoms with van der Waals surface area (Å²) in [5.74, 6) is -2.26. The summed E-state index contributed by atoms with van der Waals surface area (Å²) in [4.78, 5) is 8.51. The molecular weight excluding hydrogens is 407 g/mol. The summed E-state index contributed by atoms with van der Waals surface area (Å²) in [5, 5.41) is 5.65. The maximum atomic E-state index is 14.0. The van der Waals surface area contributed by atoms with Gasteiger partial charge in [-0.2, -0.15) is 4.98 Å². The molecule has 3 rings (SSSR count). The number of hydrogen-bond acceptors (Lipinski definition) is 5. The van der Waals surface area contributed by atoms with E-state index in [1.807, 2.05) is 13.8 Å². The Morgan fingerprint density at radius 2 is 1.70 bits per heavy atom. The molecule has 0 saturated carbocycles. The molecule has 3 aromatic rings. The van der Waals surface area contributed by atoms with Crippen molar-refractivity contribution in [1.82, 2.24) is 9.97 Å². The van der Waals surface area contributed by atoms with Crippen molar-refractivity contribution >= 4 is 17.5 Å². The van der Waals surface area contributed by atoms with Gasteiger partial charge < -0.3 is 15.4 Å². The molecule has 1 heterocycles. The molecule has 0 spiro atoms. The van der Waals surface area contributed by atoms with Crippen molar-refractivity contribution < 1.29 is 26.7 Å². The Bertz CT molecular complexity index is 1040. The lowest BCUT2D eigenvalue weighted by molar-refractivity contribution is -0.274. The Morgan fingerprint density at radius 3 is 2.40 bits per heavy atom. The second-order valence-corrected chi connectivity index (χ2v) is 6.56. The molecule has 2 aromatic carbocycles. The first kappa shape index (κ1) is 21.3. The van der Waals surface area contributed by atoms with Crippen molar-refractivity contribution in [2.45, 2.75) is 26.3 Å². The van der Waals surface area contributed by atoms with Crippen LogP contribution in [0.4, 0.5) is 39.4 Å². The van der Waals surface area contributed by atoms with Crippen molar-refractivity contribution in [1.29, 1.82) is 0 Å². The number of ether oxygens (including phenoxy) is 1. The van der Waals surface area contributed by atoms with E-state index >= 15 is 0 Å². The molecule has 0 aliphatic carbocycles. The van der Waals surface area contributed by atoms with Crippen LogP contribution in [-0.2, 0) is 0 Å². The van der Waals surface area contributed by atoms with Gasteiger partial charge in [-0.15, -0.1) is 13.2 Å². The number of hydrogen-bond donors (Lipinski definition) is 2. The van der Waals surface area contributed by atoms with E-state index in [0.717, 1.165) is 12.1 Å². The topological polar surface area (TPSA) is 59.1 Å². The number of nitrogens with one attached hydrogen (secondary N) is 2. The third-order valence-corrected chi connectivity index (χ3v) is 3.72. The van der Waals surface area contributed by atoms with E-state index in [1.165, 1.54) is 36.4 Å². The van der Waals surface area contributed by atoms with Crippen LogP contribution in [0.3, 0.4) is 0 Å². The Hall–Kier alpha value is -3.43. The van der Waals surface area contributed by atoms with Gasteiger partial charge in [0.15, 0.2) is 11.6 Å². The molecule has 0 aliphatic heterocycles. The van der Waals surface area contributed by atoms with Crippen LogP contribution < -0.4 is 15.4 Å². The van der Waals surface area contributed by atoms with Crippen molar-refractivity contribution in [2.24, 2.45) is 0 Å². The van der Waals surface area contributed by atoms with E-state index < -0.39 is 23.7 Å². The van der Waals surface area contributed by atoms with Crippen LogP contribution in [-0.4, -0.2) is 22.4 Å². The Kier molecular flexibility index (Phi) is 6.04. The van der Waals surface area contributed by atoms with Gasteiger partial charge in [0.05, 0.1) is 11.4 Å². The smallest absolute Gasteiger partial charge is 0.406 e. The molecule has 0 saturated heterocycles. The van der Waals surface area contributed by atoms with E-state index in [9.17, 15) is 22.0 Å². The van der Waals surface area contributed by atoms with Crippen molar-refractivity contribution in [3.63, 3.8) is 0 Å². The predicted molar refractivity (Wildman–Crippen MR) is 103 cm³/mol. The molecule has 0 atom stereocenters. The number of nitrogens with zero attached hydrogens (tertiary/aromatic N) is 2. The Balaban J connectivity index is 2.01. The van der Waals surface area contributed by atoms with Gasteiger partial charge in [0, 0.05) is 17.7 Å². The van der Waals surface area contributed by atoms with Crippen LogP contribution in [0, 0.1) is 11.6 Å². The molecule has 0 radical (unpaired) electrons. The second kappa shape index (κ2) is 8.52. The molecule has 0 fully saturated rings. The van der Waals surface area contributed by atoms with Crippen molar-refractivity contribution in [3.8, 4) is 17.0 Å². The molecular formula is C20H17F5N4O. The van der Waals surface area contributed by atoms with Gasteiger partial charge in [-0.25, -0.2) is 13.8 Å². The molecule has 10 heteroatoms. The van der Waals surface area contributed by atoms with Gasteiger partial charge in [0.2, 0.25) is 5.95 Å². The van der Waals surface area contributed by atoms with Gasteiger partial charge in [-0.3, -0.25) is 0 Å². The summed E-state index contributed by atoms with van der Waals surface area (Å²) in [6.45, 7) is 3.68. The summed E-state index contributed by atoms with van der Waals surface area (Å²) >= 11 is 0. The molecule has 158 valence electrons. The number of halogens is 5. The first-order valence-electron chi connectivity index (χ1n) is 8.83. The molecule has 0 bridgehead atoms. The number of aromatic nitrogens is 2. The van der Waals surface area contributed by atoms with Gasteiger partial charge >= 0.3 is 6.36 Å². The molecule has 1 aromatic heterocycles. The fourth-order valence-electron chi connectivity index (χ4n) is 2.57. The predicted octanol–water partition coefficient (Wildman–Crippen LogP) is 5.88. The van der Waals surface area contributed by atoms with Crippen molar-refractivity contribution in [2.75, 3.05) is 10.6 Å². The largest absolute Gasteiger partial charge is 0.573 e. The van der Waals surface area contributed by atoms with Crippen LogP contribution in [0.2, 0.25) is 0 Å². The summed E-state index contributed by atoms with van der Waals surface area (Å²) in [6, 6.07) is 10.2. The second-order valence-electron chi connectivity index (χ2n) is 6.56. The summed E-state index contributed by atoms with van der Waals surface area (Å²) < 4.78 is 69.0. The van der Waals surface area contributed by atoms with Gasteiger partial charge in [-0.1, -0.05) is 18.2 Å². The fraction of sp³-hybridized carbons (Fsp3) is 0.200. The van der Waals surface area contributed by atoms with E-state index in [4.69, 9.17) is 0 Å². The van der Waals surface area contributed by atoms with E-state index in [1.54, 1.807) is 0 Å². The average Bonchev–Trinajstić information content (AvgIpc) is 2.63. The van der Waals surface area contributed by atoms with Crippen LogP contribution in [0.5, 0.6) is 5.75 Å². The van der Waals surface area contributed by atoms with Crippen LogP contribution in [0.1, 0.15) is 13.8 Å². The highest BCUT2D eigenvalue weighted by Crippen LogP contribution is 2.30. The minimum atomic E-state index is -4.84. The Labute approximate surface area is 168 Å². The highest BCUT2D eigenvalue weighted by Gasteiger charge is 2.31. The lowest BCUT2D eigenvalue weighted by atomic mass is 10.1. The highest BCUT2D eigenvalue weighted by molar-refractivity contribution is 5.68. The minimum Gasteiger partial charge on any atom is -0.406 e. The quantitative estimate of drug-likeness (QED) is 0.484. The molecule has 2 N–H and O–H groups in total. The third-order valence-electron chi connectivity index (χ3n) is 3.72. The van der Waals surface area contributed by atoms with E-state index in [-0.39, 0.29) is 29.2 Å². The van der Waals surface area contributed by atoms with Gasteiger partial charge in [-0.05, 0) is 38.1 Å². The zero-order valence-corrected chi connectivity index (χ0v) is 15.9. The zero-order valence-electron chi connectivity index (χ0n) is 15.9. The summed E-state index contributed by atoms with van der Waals surface area (Å²) in [5.41, 5.74) is 0.415. The molecule has 0 unspecified atom stereocenters. The SMILES string of the molecule is CC(C)Nc1nc(Nc2cccc(F)c2F)cc(-c2cccc(OC(F)(F)F)c2)n1. The van der Waals surface area contributed by atoms with Crippen molar-refractivity contribution in [3.05, 3.63) is 60.2 Å². The average molecular weight is 424 g/mol. The fourth-order valence-corrected chi connectivity index (χ4v) is 2.57. The van der Waals surface area contributed by atoms with E-state index in [0.29, 0.717) is 5.56 Å². The standard InChI is InChI=1S/C20H17F5N4O/c1-11(2)26-19-28-16(12-5-3-6-13(9-12)30-20(23,24)25)10-17(29-19)27-15-8-4-7-14(21)18(15)22/h3-11H,1-2H3,(H2,26,27,28,29). The van der Waals surface area contributed by atoms with E-state index in [2.05, 4.69) is 25.3 Å². The van der Waals surface area contributed by atoms with Gasteiger partial charge in [0.1, 0.15) is 11.6 Å². The molecule has 0 aliphatic rings. The number of benzene rings is 2. The first-order chi connectivity index (χ1) is 14.1. The number of anilines is 3. The van der Waals surface area contributed by atoms with Gasteiger partial charge in [0.25, 0.3) is 0 Å². The summed E-state index contributed by atoms with van der Waals surface area (Å²) in [6.07, 6.45) is -4.84. The summed E-state index contributed by atoms with van der Waals surface area (Å²) in [7, 11) is 0. The normalized spacial score (nSPS) is 11.5. The Morgan fingerprint density at radius 1 is 0.967 bits per heavy atom. The molecule has 5 nitrogen and oxygen atoms in total.